The van der Waals surface area contributed by atoms with Crippen LogP contribution in [0.4, 0.5) is 18.9 Å². The predicted molar refractivity (Wildman–Crippen MR) is 68.3 cm³/mol. The van der Waals surface area contributed by atoms with Crippen molar-refractivity contribution in [2.75, 3.05) is 4.90 Å². The number of ketones is 1. The first-order valence-electron chi connectivity index (χ1n) is 6.07. The Labute approximate surface area is 117 Å². The van der Waals surface area contributed by atoms with Crippen molar-refractivity contribution in [2.24, 2.45) is 0 Å². The molecule has 1 aliphatic rings. The zero-order chi connectivity index (χ0) is 15.1. The number of fused-ring (bicyclic) bond motifs is 1. The van der Waals surface area contributed by atoms with Crippen LogP contribution in [0, 0.1) is 17.5 Å². The molecule has 3 nitrogen and oxygen atoms in total. The fourth-order valence-corrected chi connectivity index (χ4v) is 2.26. The average molecular weight is 291 g/mol. The zero-order valence-corrected chi connectivity index (χ0v) is 10.6. The Hall–Kier alpha value is -2.63. The van der Waals surface area contributed by atoms with E-state index in [1.165, 1.54) is 18.2 Å². The highest BCUT2D eigenvalue weighted by Crippen LogP contribution is 2.32. The average Bonchev–Trinajstić information content (AvgIpc) is 2.65. The van der Waals surface area contributed by atoms with Crippen molar-refractivity contribution >= 4 is 17.4 Å². The lowest BCUT2D eigenvalue weighted by molar-refractivity contribution is -0.114. The second-order valence-electron chi connectivity index (χ2n) is 4.63. The fourth-order valence-electron chi connectivity index (χ4n) is 2.26. The Balaban J connectivity index is 2.03. The van der Waals surface area contributed by atoms with Gasteiger partial charge in [0.25, 0.3) is 11.7 Å². The quantitative estimate of drug-likeness (QED) is 0.798. The number of halogens is 3. The molecule has 0 spiro atoms. The number of Topliss-reactive ketones (excluding diaryl/α,β-unsaturated/α-hetero) is 1. The highest BCUT2D eigenvalue weighted by Gasteiger charge is 2.37. The molecule has 0 bridgehead atoms. The lowest BCUT2D eigenvalue weighted by Gasteiger charge is -2.16. The van der Waals surface area contributed by atoms with Crippen LogP contribution in [0.15, 0.2) is 36.4 Å². The van der Waals surface area contributed by atoms with E-state index in [1.54, 1.807) is 6.07 Å². The molecule has 106 valence electrons. The number of carbonyl (C=O) groups excluding carboxylic acids is 2. The van der Waals surface area contributed by atoms with E-state index in [0.717, 1.165) is 11.0 Å². The molecule has 0 saturated carbocycles. The molecule has 0 aliphatic carbocycles. The van der Waals surface area contributed by atoms with E-state index in [9.17, 15) is 22.8 Å². The Bertz CT molecular complexity index is 774. The van der Waals surface area contributed by atoms with Gasteiger partial charge in [-0.05, 0) is 23.8 Å². The molecule has 1 aliphatic heterocycles. The topological polar surface area (TPSA) is 37.4 Å². The van der Waals surface area contributed by atoms with Crippen LogP contribution in [0.3, 0.4) is 0 Å². The minimum Gasteiger partial charge on any atom is -0.300 e. The lowest BCUT2D eigenvalue weighted by Crippen LogP contribution is -2.29. The molecule has 0 fully saturated rings. The molecule has 21 heavy (non-hydrogen) atoms. The molecular formula is C15H8F3NO2. The third-order valence-electron chi connectivity index (χ3n) is 3.24. The zero-order valence-electron chi connectivity index (χ0n) is 10.6. The first-order chi connectivity index (χ1) is 9.97. The van der Waals surface area contributed by atoms with Crippen molar-refractivity contribution in [3.8, 4) is 0 Å². The van der Waals surface area contributed by atoms with Crippen LogP contribution in [-0.2, 0) is 11.3 Å². The number of anilines is 1. The molecule has 0 atom stereocenters. The number of nitrogens with zero attached hydrogens (tertiary/aromatic N) is 1. The monoisotopic (exact) mass is 291 g/mol. The summed E-state index contributed by atoms with van der Waals surface area (Å²) >= 11 is 0. The third kappa shape index (κ3) is 2.18. The highest BCUT2D eigenvalue weighted by molar-refractivity contribution is 6.52. The van der Waals surface area contributed by atoms with E-state index >= 15 is 0 Å². The maximum atomic E-state index is 13.3. The van der Waals surface area contributed by atoms with Crippen molar-refractivity contribution in [1.82, 2.24) is 0 Å². The Morgan fingerprint density at radius 2 is 1.67 bits per heavy atom. The van der Waals surface area contributed by atoms with Crippen LogP contribution in [-0.4, -0.2) is 11.7 Å². The number of benzene rings is 2. The van der Waals surface area contributed by atoms with Gasteiger partial charge in [-0.15, -0.1) is 0 Å². The SMILES string of the molecule is O=C1C(=O)N(Cc2cccc(F)c2)c2cc(F)c(F)cc21. The molecule has 1 heterocycles. The van der Waals surface area contributed by atoms with Gasteiger partial charge in [0.15, 0.2) is 11.6 Å². The van der Waals surface area contributed by atoms with Gasteiger partial charge >= 0.3 is 0 Å². The molecule has 0 unspecified atom stereocenters. The molecule has 1 amide bonds. The predicted octanol–water partition coefficient (Wildman–Crippen LogP) is 2.83. The van der Waals surface area contributed by atoms with Crippen molar-refractivity contribution in [3.63, 3.8) is 0 Å². The van der Waals surface area contributed by atoms with Gasteiger partial charge < -0.3 is 4.90 Å². The van der Waals surface area contributed by atoms with E-state index in [4.69, 9.17) is 0 Å². The number of hydrogen-bond acceptors (Lipinski definition) is 2. The molecule has 0 N–H and O–H groups in total. The summed E-state index contributed by atoms with van der Waals surface area (Å²) in [6, 6.07) is 6.97. The first-order valence-corrected chi connectivity index (χ1v) is 6.07. The number of carbonyl (C=O) groups is 2. The second-order valence-corrected chi connectivity index (χ2v) is 4.63. The van der Waals surface area contributed by atoms with Gasteiger partial charge in [0.05, 0.1) is 17.8 Å². The molecule has 0 aromatic heterocycles. The Kier molecular flexibility index (Phi) is 3.01. The minimum atomic E-state index is -1.19. The van der Waals surface area contributed by atoms with E-state index in [0.29, 0.717) is 11.6 Å². The van der Waals surface area contributed by atoms with Crippen molar-refractivity contribution in [1.29, 1.82) is 0 Å². The van der Waals surface area contributed by atoms with Crippen molar-refractivity contribution in [2.45, 2.75) is 6.54 Å². The standard InChI is InChI=1S/C15H8F3NO2/c16-9-3-1-2-8(4-9)7-19-13-6-12(18)11(17)5-10(13)14(20)15(19)21/h1-6H,7H2. The van der Waals surface area contributed by atoms with E-state index in [2.05, 4.69) is 0 Å². The smallest absolute Gasteiger partial charge is 0.299 e. The Morgan fingerprint density at radius 3 is 2.38 bits per heavy atom. The van der Waals surface area contributed by atoms with Crippen LogP contribution in [0.2, 0.25) is 0 Å². The summed E-state index contributed by atoms with van der Waals surface area (Å²) in [6.45, 7) is -0.0968. The second kappa shape index (κ2) is 4.73. The van der Waals surface area contributed by atoms with Crippen LogP contribution in [0.1, 0.15) is 15.9 Å². The molecule has 6 heteroatoms. The molecular weight excluding hydrogens is 283 g/mol. The molecule has 0 saturated heterocycles. The Morgan fingerprint density at radius 1 is 0.952 bits per heavy atom. The molecule has 2 aromatic carbocycles. The molecule has 0 radical (unpaired) electrons. The van der Waals surface area contributed by atoms with Gasteiger partial charge in [0, 0.05) is 6.07 Å². The lowest BCUT2D eigenvalue weighted by atomic mass is 10.1. The largest absolute Gasteiger partial charge is 0.300 e. The van der Waals surface area contributed by atoms with Crippen LogP contribution < -0.4 is 4.90 Å². The van der Waals surface area contributed by atoms with Gasteiger partial charge in [0.2, 0.25) is 0 Å². The van der Waals surface area contributed by atoms with Crippen LogP contribution >= 0.6 is 0 Å². The van der Waals surface area contributed by atoms with Gasteiger partial charge in [-0.25, -0.2) is 13.2 Å². The van der Waals surface area contributed by atoms with Crippen molar-refractivity contribution in [3.05, 3.63) is 65.0 Å². The van der Waals surface area contributed by atoms with Crippen LogP contribution in [0.5, 0.6) is 0 Å². The van der Waals surface area contributed by atoms with Gasteiger partial charge in [-0.3, -0.25) is 9.59 Å². The van der Waals surface area contributed by atoms with E-state index in [-0.39, 0.29) is 17.8 Å². The molecule has 3 rings (SSSR count). The summed E-state index contributed by atoms with van der Waals surface area (Å²) < 4.78 is 39.6. The normalized spacial score (nSPS) is 13.8. The van der Waals surface area contributed by atoms with Gasteiger partial charge in [-0.2, -0.15) is 0 Å². The highest BCUT2D eigenvalue weighted by atomic mass is 19.2. The summed E-state index contributed by atoms with van der Waals surface area (Å²) in [5, 5.41) is 0. The summed E-state index contributed by atoms with van der Waals surface area (Å²) in [6.07, 6.45) is 0. The number of hydrogen-bond donors (Lipinski definition) is 0. The number of rotatable bonds is 2. The number of amides is 1. The van der Waals surface area contributed by atoms with E-state index < -0.39 is 29.1 Å². The van der Waals surface area contributed by atoms with Gasteiger partial charge in [0.1, 0.15) is 5.82 Å². The fraction of sp³-hybridized carbons (Fsp3) is 0.0667. The summed E-state index contributed by atoms with van der Waals surface area (Å²) in [5.74, 6) is -4.63. The summed E-state index contributed by atoms with van der Waals surface area (Å²) in [4.78, 5) is 24.7. The third-order valence-corrected chi connectivity index (χ3v) is 3.24. The van der Waals surface area contributed by atoms with Crippen molar-refractivity contribution < 1.29 is 22.8 Å². The molecule has 2 aromatic rings. The van der Waals surface area contributed by atoms with Crippen LogP contribution in [0.25, 0.3) is 0 Å². The first kappa shape index (κ1) is 13.4. The van der Waals surface area contributed by atoms with E-state index in [1.807, 2.05) is 0 Å². The summed E-state index contributed by atoms with van der Waals surface area (Å²) in [5.41, 5.74) is 0.247. The minimum absolute atomic E-state index is 0.00633. The maximum Gasteiger partial charge on any atom is 0.299 e. The maximum absolute atomic E-state index is 13.3. The van der Waals surface area contributed by atoms with Gasteiger partial charge in [-0.1, -0.05) is 12.1 Å². The summed E-state index contributed by atoms with van der Waals surface area (Å²) in [7, 11) is 0.